The van der Waals surface area contributed by atoms with Crippen LogP contribution in [0.25, 0.3) is 0 Å². The summed E-state index contributed by atoms with van der Waals surface area (Å²) in [6.45, 7) is 32.0. The van der Waals surface area contributed by atoms with Crippen LogP contribution in [0.2, 0.25) is 0 Å². The van der Waals surface area contributed by atoms with Gasteiger partial charge in [-0.15, -0.1) is 6.58 Å². The second-order valence-electron chi connectivity index (χ2n) is 7.93. The van der Waals surface area contributed by atoms with Gasteiger partial charge in [0.2, 0.25) is 0 Å². The van der Waals surface area contributed by atoms with Gasteiger partial charge in [0, 0.05) is 0 Å². The Morgan fingerprint density at radius 1 is 0.778 bits per heavy atom. The minimum Gasteiger partial charge on any atom is -0.103 e. The summed E-state index contributed by atoms with van der Waals surface area (Å²) in [6, 6.07) is 0. The van der Waals surface area contributed by atoms with E-state index in [0.717, 1.165) is 41.9 Å². The Morgan fingerprint density at radius 2 is 1.15 bits per heavy atom. The van der Waals surface area contributed by atoms with Crippen molar-refractivity contribution in [3.8, 4) is 0 Å². The molecule has 0 heterocycles. The summed E-state index contributed by atoms with van der Waals surface area (Å²) >= 11 is 0. The number of allylic oxidation sites excluding steroid dienone is 1. The van der Waals surface area contributed by atoms with Crippen LogP contribution in [0, 0.1) is 35.5 Å². The zero-order chi connectivity index (χ0) is 22.4. The maximum atomic E-state index is 3.48. The highest BCUT2D eigenvalue weighted by molar-refractivity contribution is 4.80. The van der Waals surface area contributed by atoms with E-state index < -0.39 is 0 Å². The predicted octanol–water partition coefficient (Wildman–Crippen LogP) is 10.4. The average molecular weight is 385 g/mol. The molecule has 1 aliphatic rings. The molecule has 3 unspecified atom stereocenters. The Bertz CT molecular complexity index is 243. The normalized spacial score (nSPS) is 18.8. The lowest BCUT2D eigenvalue weighted by atomic mass is 9.73. The van der Waals surface area contributed by atoms with Gasteiger partial charge in [0.15, 0.2) is 0 Å². The van der Waals surface area contributed by atoms with Crippen LogP contribution in [0.4, 0.5) is 0 Å². The van der Waals surface area contributed by atoms with Crippen LogP contribution in [-0.4, -0.2) is 0 Å². The summed E-state index contributed by atoms with van der Waals surface area (Å²) in [5.41, 5.74) is 0. The van der Waals surface area contributed by atoms with Crippen LogP contribution < -0.4 is 0 Å². The smallest absolute Gasteiger partial charge is 0.0342 e. The molecule has 168 valence electrons. The molecule has 0 radical (unpaired) electrons. The maximum absolute atomic E-state index is 3.48. The van der Waals surface area contributed by atoms with Crippen molar-refractivity contribution >= 4 is 0 Å². The zero-order valence-corrected chi connectivity index (χ0v) is 22.0. The highest BCUT2D eigenvalue weighted by Gasteiger charge is 2.29. The van der Waals surface area contributed by atoms with E-state index in [-0.39, 0.29) is 0 Å². The van der Waals surface area contributed by atoms with Gasteiger partial charge in [-0.25, -0.2) is 0 Å². The van der Waals surface area contributed by atoms with Crippen LogP contribution >= 0.6 is 0 Å². The number of hydrogen-bond acceptors (Lipinski definition) is 0. The first kappa shape index (κ1) is 34.3. The minimum absolute atomic E-state index is 0.841. The van der Waals surface area contributed by atoms with Gasteiger partial charge in [0.05, 0.1) is 0 Å². The van der Waals surface area contributed by atoms with Gasteiger partial charge in [0.1, 0.15) is 0 Å². The molecule has 1 fully saturated rings. The molecule has 0 saturated heterocycles. The van der Waals surface area contributed by atoms with Crippen molar-refractivity contribution in [1.29, 1.82) is 0 Å². The van der Waals surface area contributed by atoms with Gasteiger partial charge in [-0.05, 0) is 54.8 Å². The van der Waals surface area contributed by atoms with E-state index in [1.165, 1.54) is 32.1 Å². The summed E-state index contributed by atoms with van der Waals surface area (Å²) in [5.74, 6) is 5.59. The molecule has 0 nitrogen and oxygen atoms in total. The SMILES string of the molecule is C=CCC.CC.CC.CC.CCC1CCC(CC(C)C(C(C)C)C(C)C)C1. The molecule has 0 amide bonds. The number of hydrogen-bond donors (Lipinski definition) is 0. The van der Waals surface area contributed by atoms with Crippen molar-refractivity contribution in [2.24, 2.45) is 35.5 Å². The molecular formula is C27H60. The fourth-order valence-electron chi connectivity index (χ4n) is 4.53. The Kier molecular flexibility index (Phi) is 32.7. The quantitative estimate of drug-likeness (QED) is 0.383. The van der Waals surface area contributed by atoms with Crippen LogP contribution in [0.15, 0.2) is 12.7 Å². The van der Waals surface area contributed by atoms with E-state index in [1.807, 2.05) is 47.6 Å². The highest BCUT2D eigenvalue weighted by Crippen LogP contribution is 2.40. The number of rotatable bonds is 7. The first-order valence-electron chi connectivity index (χ1n) is 12.5. The lowest BCUT2D eigenvalue weighted by Crippen LogP contribution is -2.25. The van der Waals surface area contributed by atoms with Crippen LogP contribution in [0.5, 0.6) is 0 Å². The van der Waals surface area contributed by atoms with Crippen LogP contribution in [0.3, 0.4) is 0 Å². The fourth-order valence-corrected chi connectivity index (χ4v) is 4.53. The van der Waals surface area contributed by atoms with E-state index >= 15 is 0 Å². The highest BCUT2D eigenvalue weighted by atomic mass is 14.3. The molecule has 0 aromatic rings. The molecular weight excluding hydrogens is 324 g/mol. The van der Waals surface area contributed by atoms with E-state index in [2.05, 4.69) is 55.0 Å². The topological polar surface area (TPSA) is 0 Å². The molecule has 0 N–H and O–H groups in total. The predicted molar refractivity (Wildman–Crippen MR) is 133 cm³/mol. The van der Waals surface area contributed by atoms with Crippen molar-refractivity contribution in [2.45, 2.75) is 129 Å². The second-order valence-corrected chi connectivity index (χ2v) is 7.93. The van der Waals surface area contributed by atoms with Gasteiger partial charge < -0.3 is 0 Å². The molecule has 0 aromatic carbocycles. The van der Waals surface area contributed by atoms with Gasteiger partial charge in [-0.1, -0.05) is 115 Å². The zero-order valence-electron chi connectivity index (χ0n) is 22.0. The van der Waals surface area contributed by atoms with Crippen molar-refractivity contribution in [3.63, 3.8) is 0 Å². The Hall–Kier alpha value is -0.260. The standard InChI is InChI=1S/C17H34.C4H8.3C2H6/c1-7-15-8-9-16(11-15)10-14(6)17(12(2)3)13(4)5;1-3-4-2;3*1-2/h12-17H,7-11H2,1-6H3;3H,1,4H2,2H3;3*1-2H3. The Labute approximate surface area is 177 Å². The van der Waals surface area contributed by atoms with E-state index in [1.54, 1.807) is 0 Å². The molecule has 0 spiro atoms. The summed E-state index contributed by atoms with van der Waals surface area (Å²) in [7, 11) is 0. The van der Waals surface area contributed by atoms with Gasteiger partial charge >= 0.3 is 0 Å². The molecule has 1 saturated carbocycles. The van der Waals surface area contributed by atoms with Crippen molar-refractivity contribution < 1.29 is 0 Å². The molecule has 1 aliphatic carbocycles. The first-order valence-corrected chi connectivity index (χ1v) is 12.5. The molecule has 3 atom stereocenters. The van der Waals surface area contributed by atoms with E-state index in [4.69, 9.17) is 0 Å². The lowest BCUT2D eigenvalue weighted by molar-refractivity contribution is 0.170. The fraction of sp³-hybridized carbons (Fsp3) is 0.926. The summed E-state index contributed by atoms with van der Waals surface area (Å²) in [5, 5.41) is 0. The molecule has 1 rings (SSSR count). The second kappa shape index (κ2) is 25.7. The first-order chi connectivity index (χ1) is 12.9. The summed E-state index contributed by atoms with van der Waals surface area (Å²) < 4.78 is 0. The van der Waals surface area contributed by atoms with E-state index in [9.17, 15) is 0 Å². The summed E-state index contributed by atoms with van der Waals surface area (Å²) in [6.07, 6.45) is 10.4. The lowest BCUT2D eigenvalue weighted by Gasteiger charge is -2.32. The van der Waals surface area contributed by atoms with Crippen molar-refractivity contribution in [1.82, 2.24) is 0 Å². The largest absolute Gasteiger partial charge is 0.103 e. The van der Waals surface area contributed by atoms with Crippen molar-refractivity contribution in [2.75, 3.05) is 0 Å². The Balaban J connectivity index is -0.000000224. The molecule has 0 heteroatoms. The maximum Gasteiger partial charge on any atom is -0.0342 e. The minimum atomic E-state index is 0.841. The monoisotopic (exact) mass is 384 g/mol. The molecule has 0 aromatic heterocycles. The van der Waals surface area contributed by atoms with Crippen LogP contribution in [0.1, 0.15) is 129 Å². The Morgan fingerprint density at radius 3 is 1.41 bits per heavy atom. The van der Waals surface area contributed by atoms with E-state index in [0.29, 0.717) is 0 Å². The molecule has 0 aliphatic heterocycles. The van der Waals surface area contributed by atoms with Gasteiger partial charge in [-0.2, -0.15) is 0 Å². The summed E-state index contributed by atoms with van der Waals surface area (Å²) in [4.78, 5) is 0. The average Bonchev–Trinajstić information content (AvgIpc) is 3.13. The van der Waals surface area contributed by atoms with Gasteiger partial charge in [0.25, 0.3) is 0 Å². The van der Waals surface area contributed by atoms with Crippen LogP contribution in [-0.2, 0) is 0 Å². The third kappa shape index (κ3) is 18.9. The molecule has 27 heavy (non-hydrogen) atoms. The third-order valence-corrected chi connectivity index (χ3v) is 5.42. The van der Waals surface area contributed by atoms with Crippen molar-refractivity contribution in [3.05, 3.63) is 12.7 Å². The van der Waals surface area contributed by atoms with Gasteiger partial charge in [-0.3, -0.25) is 0 Å². The third-order valence-electron chi connectivity index (χ3n) is 5.42. The molecule has 0 bridgehead atoms.